The average Bonchev–Trinajstić information content (AvgIpc) is 3.22. The van der Waals surface area contributed by atoms with Crippen LogP contribution in [0, 0.1) is 0 Å². The lowest BCUT2D eigenvalue weighted by atomic mass is 10.1. The van der Waals surface area contributed by atoms with E-state index in [4.69, 9.17) is 4.74 Å². The van der Waals surface area contributed by atoms with E-state index in [1.807, 2.05) is 17.5 Å². The molecule has 2 heterocycles. The van der Waals surface area contributed by atoms with E-state index in [1.165, 1.54) is 23.5 Å². The summed E-state index contributed by atoms with van der Waals surface area (Å²) in [5.74, 6) is -0.0802. The lowest BCUT2D eigenvalue weighted by Gasteiger charge is -2.26. The fourth-order valence-corrected chi connectivity index (χ4v) is 3.58. The fraction of sp³-hybridized carbons (Fsp3) is 0.350. The molecule has 0 bridgehead atoms. The SMILES string of the molecule is Cl.O=C(NCCN1CCOCC1)/C(=C/c1ccc(OC(F)F)cc1)c1cccs1. The van der Waals surface area contributed by atoms with Crippen LogP contribution in [0.4, 0.5) is 8.78 Å². The second-order valence-corrected chi connectivity index (χ2v) is 7.14. The molecule has 1 aliphatic rings. The van der Waals surface area contributed by atoms with Gasteiger partial charge in [-0.15, -0.1) is 23.7 Å². The number of ether oxygens (including phenoxy) is 2. The Balaban J connectivity index is 0.00000300. The first-order valence-corrected chi connectivity index (χ1v) is 9.88. The third-order valence-corrected chi connectivity index (χ3v) is 5.17. The molecule has 0 aliphatic carbocycles. The number of hydrogen-bond acceptors (Lipinski definition) is 5. The fourth-order valence-electron chi connectivity index (χ4n) is 2.84. The molecule has 5 nitrogen and oxygen atoms in total. The van der Waals surface area contributed by atoms with Crippen molar-refractivity contribution in [2.45, 2.75) is 6.61 Å². The van der Waals surface area contributed by atoms with Gasteiger partial charge in [0.25, 0.3) is 5.91 Å². The number of morpholine rings is 1. The molecular formula is C20H23ClF2N2O3S. The van der Waals surface area contributed by atoms with Gasteiger partial charge >= 0.3 is 6.61 Å². The Labute approximate surface area is 178 Å². The Morgan fingerprint density at radius 2 is 1.97 bits per heavy atom. The molecule has 1 fully saturated rings. The highest BCUT2D eigenvalue weighted by molar-refractivity contribution is 7.11. The van der Waals surface area contributed by atoms with Gasteiger partial charge < -0.3 is 14.8 Å². The van der Waals surface area contributed by atoms with Crippen LogP contribution in [0.3, 0.4) is 0 Å². The van der Waals surface area contributed by atoms with Crippen molar-refractivity contribution in [3.8, 4) is 5.75 Å². The van der Waals surface area contributed by atoms with Gasteiger partial charge in [0.2, 0.25) is 0 Å². The molecule has 1 aliphatic heterocycles. The number of thiophene rings is 1. The van der Waals surface area contributed by atoms with Crippen molar-refractivity contribution in [1.29, 1.82) is 0 Å². The van der Waals surface area contributed by atoms with Gasteiger partial charge in [-0.1, -0.05) is 18.2 Å². The highest BCUT2D eigenvalue weighted by Crippen LogP contribution is 2.24. The molecule has 1 amide bonds. The first-order chi connectivity index (χ1) is 13.6. The highest BCUT2D eigenvalue weighted by atomic mass is 35.5. The van der Waals surface area contributed by atoms with Gasteiger partial charge in [-0.3, -0.25) is 9.69 Å². The van der Waals surface area contributed by atoms with Crippen LogP contribution in [-0.2, 0) is 9.53 Å². The van der Waals surface area contributed by atoms with Crippen LogP contribution in [0.5, 0.6) is 5.75 Å². The molecular weight excluding hydrogens is 422 g/mol. The van der Waals surface area contributed by atoms with Crippen LogP contribution >= 0.6 is 23.7 Å². The number of amides is 1. The second kappa shape index (κ2) is 11.9. The van der Waals surface area contributed by atoms with Crippen LogP contribution < -0.4 is 10.1 Å². The van der Waals surface area contributed by atoms with E-state index in [-0.39, 0.29) is 24.1 Å². The second-order valence-electron chi connectivity index (χ2n) is 6.19. The Bertz CT molecular complexity index is 780. The van der Waals surface area contributed by atoms with Gasteiger partial charge in [-0.2, -0.15) is 8.78 Å². The standard InChI is InChI=1S/C20H22F2N2O3S.ClH/c21-20(22)27-16-5-3-15(4-6-16)14-17(18-2-1-13-28-18)19(25)23-7-8-24-9-11-26-12-10-24;/h1-6,13-14,20H,7-12H2,(H,23,25);1H/b17-14+;. The van der Waals surface area contributed by atoms with E-state index in [2.05, 4.69) is 15.0 Å². The van der Waals surface area contributed by atoms with Gasteiger partial charge in [0, 0.05) is 31.1 Å². The summed E-state index contributed by atoms with van der Waals surface area (Å²) in [4.78, 5) is 15.9. The predicted molar refractivity (Wildman–Crippen MR) is 113 cm³/mol. The topological polar surface area (TPSA) is 50.8 Å². The zero-order chi connectivity index (χ0) is 19.8. The normalized spacial score (nSPS) is 15.1. The number of rotatable bonds is 8. The molecule has 0 saturated carbocycles. The van der Waals surface area contributed by atoms with E-state index in [9.17, 15) is 13.6 Å². The van der Waals surface area contributed by atoms with Crippen LogP contribution in [-0.4, -0.2) is 56.8 Å². The van der Waals surface area contributed by atoms with E-state index in [1.54, 1.807) is 18.2 Å². The maximum absolute atomic E-state index is 12.8. The maximum atomic E-state index is 12.8. The largest absolute Gasteiger partial charge is 0.435 e. The van der Waals surface area contributed by atoms with E-state index in [0.717, 1.165) is 43.3 Å². The molecule has 1 aromatic carbocycles. The number of carbonyl (C=O) groups excluding carboxylic acids is 1. The quantitative estimate of drug-likeness (QED) is 0.630. The van der Waals surface area contributed by atoms with Crippen molar-refractivity contribution in [2.75, 3.05) is 39.4 Å². The molecule has 158 valence electrons. The molecule has 1 N–H and O–H groups in total. The van der Waals surface area contributed by atoms with Gasteiger partial charge in [0.15, 0.2) is 0 Å². The molecule has 0 spiro atoms. The van der Waals surface area contributed by atoms with Crippen LogP contribution in [0.25, 0.3) is 11.6 Å². The van der Waals surface area contributed by atoms with Crippen LogP contribution in [0.2, 0.25) is 0 Å². The third kappa shape index (κ3) is 7.40. The summed E-state index contributed by atoms with van der Waals surface area (Å²) in [7, 11) is 0. The average molecular weight is 445 g/mol. The lowest BCUT2D eigenvalue weighted by Crippen LogP contribution is -2.41. The number of carbonyl (C=O) groups is 1. The van der Waals surface area contributed by atoms with Gasteiger partial charge in [-0.25, -0.2) is 0 Å². The molecule has 29 heavy (non-hydrogen) atoms. The predicted octanol–water partition coefficient (Wildman–Crippen LogP) is 3.76. The molecule has 3 rings (SSSR count). The summed E-state index contributed by atoms with van der Waals surface area (Å²) in [5, 5.41) is 4.88. The minimum Gasteiger partial charge on any atom is -0.435 e. The smallest absolute Gasteiger partial charge is 0.387 e. The molecule has 9 heteroatoms. The first kappa shape index (κ1) is 23.3. The maximum Gasteiger partial charge on any atom is 0.387 e. The van der Waals surface area contributed by atoms with E-state index < -0.39 is 6.61 Å². The van der Waals surface area contributed by atoms with Crippen molar-refractivity contribution >= 4 is 41.3 Å². The summed E-state index contributed by atoms with van der Waals surface area (Å²) in [5.41, 5.74) is 1.27. The third-order valence-electron chi connectivity index (χ3n) is 4.26. The highest BCUT2D eigenvalue weighted by Gasteiger charge is 2.15. The van der Waals surface area contributed by atoms with Crippen molar-refractivity contribution in [1.82, 2.24) is 10.2 Å². The number of benzene rings is 1. The number of halogens is 3. The summed E-state index contributed by atoms with van der Waals surface area (Å²) < 4.78 is 34.2. The number of hydrogen-bond donors (Lipinski definition) is 1. The summed E-state index contributed by atoms with van der Waals surface area (Å²) in [6.07, 6.45) is 1.75. The minimum atomic E-state index is -2.86. The Kier molecular flexibility index (Phi) is 9.53. The molecule has 1 saturated heterocycles. The lowest BCUT2D eigenvalue weighted by molar-refractivity contribution is -0.115. The molecule has 0 unspecified atom stereocenters. The minimum absolute atomic E-state index is 0. The monoisotopic (exact) mass is 444 g/mol. The van der Waals surface area contributed by atoms with Crippen molar-refractivity contribution in [3.63, 3.8) is 0 Å². The van der Waals surface area contributed by atoms with Gasteiger partial charge in [0.1, 0.15) is 5.75 Å². The van der Waals surface area contributed by atoms with E-state index >= 15 is 0 Å². The zero-order valence-electron chi connectivity index (χ0n) is 15.7. The Morgan fingerprint density at radius 3 is 2.59 bits per heavy atom. The number of alkyl halides is 2. The van der Waals surface area contributed by atoms with Crippen LogP contribution in [0.1, 0.15) is 10.4 Å². The molecule has 0 atom stereocenters. The van der Waals surface area contributed by atoms with Gasteiger partial charge in [0.05, 0.1) is 18.8 Å². The Hall–Kier alpha value is -2.00. The summed E-state index contributed by atoms with van der Waals surface area (Å²) >= 11 is 1.47. The van der Waals surface area contributed by atoms with E-state index in [0.29, 0.717) is 12.1 Å². The van der Waals surface area contributed by atoms with Crippen molar-refractivity contribution in [3.05, 3.63) is 52.2 Å². The zero-order valence-corrected chi connectivity index (χ0v) is 17.3. The van der Waals surface area contributed by atoms with Crippen molar-refractivity contribution < 1.29 is 23.0 Å². The molecule has 0 radical (unpaired) electrons. The summed E-state index contributed by atoms with van der Waals surface area (Å²) in [6, 6.07) is 9.97. The number of nitrogens with zero attached hydrogens (tertiary/aromatic N) is 1. The van der Waals surface area contributed by atoms with Crippen LogP contribution in [0.15, 0.2) is 41.8 Å². The van der Waals surface area contributed by atoms with Crippen molar-refractivity contribution in [2.24, 2.45) is 0 Å². The Morgan fingerprint density at radius 1 is 1.24 bits per heavy atom. The number of nitrogens with one attached hydrogen (secondary N) is 1. The summed E-state index contributed by atoms with van der Waals surface area (Å²) in [6.45, 7) is 1.64. The molecule has 1 aromatic heterocycles. The van der Waals surface area contributed by atoms with Gasteiger partial charge in [-0.05, 0) is 35.2 Å². The molecule has 2 aromatic rings. The first-order valence-electron chi connectivity index (χ1n) is 9.00.